The summed E-state index contributed by atoms with van der Waals surface area (Å²) in [5.41, 5.74) is 0. The molecule has 2 nitrogen and oxygen atoms in total. The molecule has 1 aromatic rings. The van der Waals surface area contributed by atoms with Gasteiger partial charge in [-0.2, -0.15) is 0 Å². The van der Waals surface area contributed by atoms with Crippen LogP contribution < -0.4 is 0 Å². The molecule has 0 bridgehead atoms. The summed E-state index contributed by atoms with van der Waals surface area (Å²) in [5, 5.41) is 8.55. The highest BCUT2D eigenvalue weighted by atomic mass is 32.1. The zero-order valence-corrected chi connectivity index (χ0v) is 9.06. The Morgan fingerprint density at radius 3 is 3.07 bits per heavy atom. The molecule has 0 unspecified atom stereocenters. The van der Waals surface area contributed by atoms with Crippen molar-refractivity contribution in [3.8, 4) is 11.8 Å². The maximum atomic E-state index is 8.55. The van der Waals surface area contributed by atoms with Gasteiger partial charge in [0.25, 0.3) is 0 Å². The predicted molar refractivity (Wildman–Crippen MR) is 58.2 cm³/mol. The van der Waals surface area contributed by atoms with Gasteiger partial charge in [-0.1, -0.05) is 11.8 Å². The number of hydrogen-bond donors (Lipinski definition) is 1. The van der Waals surface area contributed by atoms with E-state index in [9.17, 15) is 0 Å². The number of aliphatic hydroxyl groups is 1. The van der Waals surface area contributed by atoms with Crippen molar-refractivity contribution in [1.82, 2.24) is 0 Å². The zero-order chi connectivity index (χ0) is 10.2. The van der Waals surface area contributed by atoms with Crippen LogP contribution in [0.5, 0.6) is 0 Å². The Hall–Kier alpha value is -0.820. The van der Waals surface area contributed by atoms with E-state index in [4.69, 9.17) is 9.84 Å². The normalized spacial score (nSPS) is 9.57. The van der Waals surface area contributed by atoms with E-state index < -0.39 is 0 Å². The van der Waals surface area contributed by atoms with E-state index in [0.29, 0.717) is 13.0 Å². The maximum Gasteiger partial charge on any atom is 0.0809 e. The molecule has 0 fully saturated rings. The van der Waals surface area contributed by atoms with Crippen molar-refractivity contribution in [3.05, 3.63) is 21.9 Å². The Labute approximate surface area is 88.5 Å². The topological polar surface area (TPSA) is 29.5 Å². The first kappa shape index (κ1) is 11.3. The first-order valence-electron chi connectivity index (χ1n) is 4.63. The van der Waals surface area contributed by atoms with E-state index in [1.807, 2.05) is 19.1 Å². The molecular weight excluding hydrogens is 196 g/mol. The molecule has 14 heavy (non-hydrogen) atoms. The second-order valence-corrected chi connectivity index (χ2v) is 3.85. The average Bonchev–Trinajstić information content (AvgIpc) is 2.63. The fourth-order valence-corrected chi connectivity index (χ4v) is 1.75. The first-order chi connectivity index (χ1) is 6.86. The minimum absolute atomic E-state index is 0.129. The zero-order valence-electron chi connectivity index (χ0n) is 8.25. The summed E-state index contributed by atoms with van der Waals surface area (Å²) < 4.78 is 5.28. The molecule has 0 spiro atoms. The third-order valence-electron chi connectivity index (χ3n) is 1.56. The Bertz CT molecular complexity index is 320. The molecule has 0 saturated carbocycles. The van der Waals surface area contributed by atoms with Crippen LogP contribution in [0.4, 0.5) is 0 Å². The van der Waals surface area contributed by atoms with Crippen LogP contribution in [0.15, 0.2) is 12.1 Å². The van der Waals surface area contributed by atoms with Gasteiger partial charge in [-0.3, -0.25) is 0 Å². The molecule has 76 valence electrons. The quantitative estimate of drug-likeness (QED) is 0.770. The fraction of sp³-hybridized carbons (Fsp3) is 0.455. The number of thiophene rings is 1. The van der Waals surface area contributed by atoms with Crippen LogP contribution >= 0.6 is 11.3 Å². The molecule has 0 aliphatic carbocycles. The van der Waals surface area contributed by atoms with Crippen molar-refractivity contribution in [2.45, 2.75) is 20.0 Å². The molecule has 3 heteroatoms. The van der Waals surface area contributed by atoms with Crippen LogP contribution in [0.3, 0.4) is 0 Å². The third kappa shape index (κ3) is 3.93. The molecule has 0 aliphatic heterocycles. The van der Waals surface area contributed by atoms with E-state index in [1.165, 1.54) is 4.88 Å². The van der Waals surface area contributed by atoms with Crippen molar-refractivity contribution < 1.29 is 9.84 Å². The molecule has 0 aromatic carbocycles. The fourth-order valence-electron chi connectivity index (χ4n) is 0.931. The molecule has 0 atom stereocenters. The Kier molecular flexibility index (Phi) is 5.31. The van der Waals surface area contributed by atoms with Crippen LogP contribution in [0.1, 0.15) is 23.1 Å². The van der Waals surface area contributed by atoms with Crippen LogP contribution in [0, 0.1) is 11.8 Å². The smallest absolute Gasteiger partial charge is 0.0809 e. The van der Waals surface area contributed by atoms with E-state index in [0.717, 1.165) is 11.5 Å². The SMILES string of the molecule is CCOCc1ccc(C#CCCO)s1. The van der Waals surface area contributed by atoms with Crippen LogP contribution in [-0.2, 0) is 11.3 Å². The molecule has 1 N–H and O–H groups in total. The second kappa shape index (κ2) is 6.61. The van der Waals surface area contributed by atoms with Crippen molar-refractivity contribution in [2.24, 2.45) is 0 Å². The van der Waals surface area contributed by atoms with Gasteiger partial charge < -0.3 is 9.84 Å². The summed E-state index contributed by atoms with van der Waals surface area (Å²) in [6.45, 7) is 3.52. The van der Waals surface area contributed by atoms with Crippen LogP contribution in [-0.4, -0.2) is 18.3 Å². The highest BCUT2D eigenvalue weighted by Gasteiger charge is 1.96. The minimum Gasteiger partial charge on any atom is -0.395 e. The van der Waals surface area contributed by atoms with Crippen molar-refractivity contribution >= 4 is 11.3 Å². The number of hydrogen-bond acceptors (Lipinski definition) is 3. The summed E-state index contributed by atoms with van der Waals surface area (Å²) >= 11 is 1.64. The summed E-state index contributed by atoms with van der Waals surface area (Å²) in [5.74, 6) is 5.89. The van der Waals surface area contributed by atoms with E-state index in [-0.39, 0.29) is 6.61 Å². The van der Waals surface area contributed by atoms with Crippen LogP contribution in [0.2, 0.25) is 0 Å². The molecule has 1 aromatic heterocycles. The maximum absolute atomic E-state index is 8.55. The largest absolute Gasteiger partial charge is 0.395 e. The van der Waals surface area contributed by atoms with Gasteiger partial charge in [-0.25, -0.2) is 0 Å². The third-order valence-corrected chi connectivity index (χ3v) is 2.53. The standard InChI is InChI=1S/C11H14O2S/c1-2-13-9-11-7-6-10(14-11)5-3-4-8-12/h6-7,12H,2,4,8-9H2,1H3. The molecule has 1 rings (SSSR count). The summed E-state index contributed by atoms with van der Waals surface area (Å²) in [6.07, 6.45) is 0.540. The molecule has 0 radical (unpaired) electrons. The van der Waals surface area contributed by atoms with E-state index in [1.54, 1.807) is 11.3 Å². The van der Waals surface area contributed by atoms with E-state index in [2.05, 4.69) is 11.8 Å². The van der Waals surface area contributed by atoms with Gasteiger partial charge in [0, 0.05) is 17.9 Å². The van der Waals surface area contributed by atoms with Gasteiger partial charge in [-0.05, 0) is 19.1 Å². The first-order valence-corrected chi connectivity index (χ1v) is 5.44. The van der Waals surface area contributed by atoms with E-state index >= 15 is 0 Å². The summed E-state index contributed by atoms with van der Waals surface area (Å²) in [4.78, 5) is 2.23. The van der Waals surface area contributed by atoms with Gasteiger partial charge >= 0.3 is 0 Å². The minimum atomic E-state index is 0.129. The predicted octanol–water partition coefficient (Wildman–Crippen LogP) is 2.02. The van der Waals surface area contributed by atoms with Gasteiger partial charge in [-0.15, -0.1) is 11.3 Å². The average molecular weight is 210 g/mol. The Balaban J connectivity index is 2.47. The molecule has 1 heterocycles. The van der Waals surface area contributed by atoms with Crippen LogP contribution in [0.25, 0.3) is 0 Å². The molecule has 0 amide bonds. The number of ether oxygens (including phenoxy) is 1. The van der Waals surface area contributed by atoms with Gasteiger partial charge in [0.1, 0.15) is 0 Å². The van der Waals surface area contributed by atoms with Crippen molar-refractivity contribution in [3.63, 3.8) is 0 Å². The lowest BCUT2D eigenvalue weighted by atomic mass is 10.4. The van der Waals surface area contributed by atoms with Crippen molar-refractivity contribution in [2.75, 3.05) is 13.2 Å². The molecule has 0 aliphatic rings. The summed E-state index contributed by atoms with van der Waals surface area (Å²) in [7, 11) is 0. The monoisotopic (exact) mass is 210 g/mol. The molecular formula is C11H14O2S. The summed E-state index contributed by atoms with van der Waals surface area (Å²) in [6, 6.07) is 4.02. The van der Waals surface area contributed by atoms with Gasteiger partial charge in [0.05, 0.1) is 18.1 Å². The van der Waals surface area contributed by atoms with Gasteiger partial charge in [0.15, 0.2) is 0 Å². The van der Waals surface area contributed by atoms with Gasteiger partial charge in [0.2, 0.25) is 0 Å². The Morgan fingerprint density at radius 1 is 1.50 bits per heavy atom. The highest BCUT2D eigenvalue weighted by Crippen LogP contribution is 2.16. The lowest BCUT2D eigenvalue weighted by Gasteiger charge is -1.94. The van der Waals surface area contributed by atoms with Crippen molar-refractivity contribution in [1.29, 1.82) is 0 Å². The Morgan fingerprint density at radius 2 is 2.36 bits per heavy atom. The number of rotatable bonds is 4. The lowest BCUT2D eigenvalue weighted by Crippen LogP contribution is -1.87. The lowest BCUT2D eigenvalue weighted by molar-refractivity contribution is 0.136. The highest BCUT2D eigenvalue weighted by molar-refractivity contribution is 7.12. The number of aliphatic hydroxyl groups excluding tert-OH is 1. The second-order valence-electron chi connectivity index (χ2n) is 2.68. The molecule has 0 saturated heterocycles.